The third-order valence-corrected chi connectivity index (χ3v) is 4.68. The third-order valence-electron chi connectivity index (χ3n) is 1.92. The van der Waals surface area contributed by atoms with Crippen LogP contribution in [0.5, 0.6) is 0 Å². The molecule has 5 heteroatoms. The maximum atomic E-state index is 5.48. The van der Waals surface area contributed by atoms with E-state index in [0.717, 1.165) is 0 Å². The minimum Gasteiger partial charge on any atom is -0.318 e. The van der Waals surface area contributed by atoms with Crippen LogP contribution in [0.1, 0.15) is 19.4 Å². The lowest BCUT2D eigenvalue weighted by atomic mass is 10.2. The zero-order valence-electron chi connectivity index (χ0n) is 9.68. The zero-order valence-corrected chi connectivity index (χ0v) is 11.4. The Hall–Kier alpha value is -0.250. The molecule has 0 amide bonds. The second-order valence-corrected chi connectivity index (χ2v) is 6.42. The van der Waals surface area contributed by atoms with Crippen molar-refractivity contribution in [1.82, 2.24) is 5.09 Å². The third kappa shape index (κ3) is 4.73. The SMILES string of the molecule is CCOP(=S)(NCc1ccccc1)OCC. The molecule has 0 fully saturated rings. The van der Waals surface area contributed by atoms with Crippen molar-refractivity contribution in [3.8, 4) is 0 Å². The molecule has 0 radical (unpaired) electrons. The van der Waals surface area contributed by atoms with E-state index in [1.54, 1.807) is 0 Å². The van der Waals surface area contributed by atoms with Crippen molar-refractivity contribution in [2.45, 2.75) is 20.4 Å². The van der Waals surface area contributed by atoms with Gasteiger partial charge in [-0.25, -0.2) is 5.09 Å². The van der Waals surface area contributed by atoms with Gasteiger partial charge >= 0.3 is 0 Å². The molecule has 0 aliphatic rings. The lowest BCUT2D eigenvalue weighted by Crippen LogP contribution is -2.14. The van der Waals surface area contributed by atoms with Crippen molar-refractivity contribution in [3.63, 3.8) is 0 Å². The monoisotopic (exact) mass is 259 g/mol. The molecule has 0 aromatic heterocycles. The van der Waals surface area contributed by atoms with Crippen molar-refractivity contribution in [2.24, 2.45) is 0 Å². The number of rotatable bonds is 7. The van der Waals surface area contributed by atoms with E-state index >= 15 is 0 Å². The van der Waals surface area contributed by atoms with E-state index in [-0.39, 0.29) is 0 Å². The molecule has 0 unspecified atom stereocenters. The lowest BCUT2D eigenvalue weighted by molar-refractivity contribution is 0.258. The van der Waals surface area contributed by atoms with E-state index in [0.29, 0.717) is 19.8 Å². The summed E-state index contributed by atoms with van der Waals surface area (Å²) in [6.45, 7) is 3.36. The van der Waals surface area contributed by atoms with E-state index in [9.17, 15) is 0 Å². The summed E-state index contributed by atoms with van der Waals surface area (Å²) in [5.41, 5.74) is 1.18. The molecule has 0 aliphatic carbocycles. The number of nitrogens with one attached hydrogen (secondary N) is 1. The largest absolute Gasteiger partial charge is 0.318 e. The van der Waals surface area contributed by atoms with Crippen molar-refractivity contribution in [2.75, 3.05) is 13.2 Å². The van der Waals surface area contributed by atoms with Crippen LogP contribution in [0.2, 0.25) is 0 Å². The molecule has 0 aliphatic heterocycles. The molecular weight excluding hydrogens is 241 g/mol. The second-order valence-electron chi connectivity index (χ2n) is 3.15. The van der Waals surface area contributed by atoms with E-state index in [2.05, 4.69) is 5.09 Å². The average molecular weight is 259 g/mol. The molecule has 3 nitrogen and oxygen atoms in total. The molecule has 0 heterocycles. The van der Waals surface area contributed by atoms with Crippen LogP contribution in [0.3, 0.4) is 0 Å². The van der Waals surface area contributed by atoms with Gasteiger partial charge < -0.3 is 9.05 Å². The van der Waals surface area contributed by atoms with Gasteiger partial charge in [-0.15, -0.1) is 0 Å². The summed E-state index contributed by atoms with van der Waals surface area (Å²) in [5, 5.41) is 3.20. The van der Waals surface area contributed by atoms with E-state index in [1.165, 1.54) is 5.56 Å². The Labute approximate surface area is 102 Å². The van der Waals surface area contributed by atoms with Crippen molar-refractivity contribution < 1.29 is 9.05 Å². The lowest BCUT2D eigenvalue weighted by Gasteiger charge is -2.21. The molecule has 1 N–H and O–H groups in total. The Bertz CT molecular complexity index is 335. The van der Waals surface area contributed by atoms with Gasteiger partial charge in [0.2, 0.25) is 0 Å². The van der Waals surface area contributed by atoms with Crippen LogP contribution >= 0.6 is 6.64 Å². The first-order chi connectivity index (χ1) is 7.70. The van der Waals surface area contributed by atoms with E-state index in [1.807, 2.05) is 44.2 Å². The van der Waals surface area contributed by atoms with E-state index < -0.39 is 6.64 Å². The summed E-state index contributed by atoms with van der Waals surface area (Å²) in [7, 11) is 0. The fourth-order valence-corrected chi connectivity index (χ4v) is 3.39. The first-order valence-electron chi connectivity index (χ1n) is 5.38. The smallest absolute Gasteiger partial charge is 0.261 e. The molecule has 0 atom stereocenters. The minimum absolute atomic E-state index is 0.569. The fourth-order valence-electron chi connectivity index (χ4n) is 1.25. The van der Waals surface area contributed by atoms with Gasteiger partial charge in [0.1, 0.15) is 0 Å². The van der Waals surface area contributed by atoms with Gasteiger partial charge in [0.25, 0.3) is 6.64 Å². The summed E-state index contributed by atoms with van der Waals surface area (Å²) in [4.78, 5) is 0. The predicted octanol–water partition coefficient (Wildman–Crippen LogP) is 3.07. The van der Waals surface area contributed by atoms with Crippen LogP contribution < -0.4 is 5.09 Å². The molecule has 90 valence electrons. The first kappa shape index (κ1) is 13.8. The molecule has 0 bridgehead atoms. The van der Waals surface area contributed by atoms with Gasteiger partial charge in [0.05, 0.1) is 13.2 Å². The Morgan fingerprint density at radius 3 is 2.19 bits per heavy atom. The normalized spacial score (nSPS) is 11.6. The highest BCUT2D eigenvalue weighted by atomic mass is 32.5. The van der Waals surface area contributed by atoms with Gasteiger partial charge in [0.15, 0.2) is 0 Å². The highest BCUT2D eigenvalue weighted by Gasteiger charge is 2.16. The molecule has 1 aromatic carbocycles. The van der Waals surface area contributed by atoms with E-state index in [4.69, 9.17) is 20.9 Å². The molecule has 1 aromatic rings. The molecular formula is C11H18NO2PS. The van der Waals surface area contributed by atoms with Gasteiger partial charge in [-0.05, 0) is 31.2 Å². The molecule has 0 spiro atoms. The van der Waals surface area contributed by atoms with Crippen LogP contribution in [-0.2, 0) is 27.4 Å². The number of benzene rings is 1. The predicted molar refractivity (Wildman–Crippen MR) is 70.8 cm³/mol. The highest BCUT2D eigenvalue weighted by Crippen LogP contribution is 2.43. The Morgan fingerprint density at radius 1 is 1.12 bits per heavy atom. The summed E-state index contributed by atoms with van der Waals surface area (Å²) >= 11 is 5.35. The Kier molecular flexibility index (Phi) is 6.17. The van der Waals surface area contributed by atoms with Gasteiger partial charge in [0, 0.05) is 6.54 Å². The van der Waals surface area contributed by atoms with Crippen LogP contribution in [0, 0.1) is 0 Å². The second kappa shape index (κ2) is 7.15. The summed E-state index contributed by atoms with van der Waals surface area (Å²) in [6.07, 6.45) is 0. The minimum atomic E-state index is -2.30. The summed E-state index contributed by atoms with van der Waals surface area (Å²) in [6, 6.07) is 10.1. The topological polar surface area (TPSA) is 30.5 Å². The summed E-state index contributed by atoms with van der Waals surface area (Å²) < 4.78 is 11.0. The maximum absolute atomic E-state index is 5.48. The van der Waals surface area contributed by atoms with Crippen LogP contribution in [0.4, 0.5) is 0 Å². The van der Waals surface area contributed by atoms with Crippen molar-refractivity contribution >= 4 is 18.4 Å². The first-order valence-corrected chi connectivity index (χ1v) is 8.02. The number of hydrogen-bond acceptors (Lipinski definition) is 3. The quantitative estimate of drug-likeness (QED) is 0.762. The van der Waals surface area contributed by atoms with Gasteiger partial charge in [-0.1, -0.05) is 30.3 Å². The average Bonchev–Trinajstić information content (AvgIpc) is 2.29. The highest BCUT2D eigenvalue weighted by molar-refractivity contribution is 8.08. The Morgan fingerprint density at radius 2 is 1.69 bits per heavy atom. The Balaban J connectivity index is 2.53. The molecule has 16 heavy (non-hydrogen) atoms. The standard InChI is InChI=1S/C11H18NO2PS/c1-3-13-15(16,14-4-2)12-10-11-8-6-5-7-9-11/h5-9H,3-4,10H2,1-2H3,(H,12,16). The number of hydrogen-bond donors (Lipinski definition) is 1. The molecule has 0 saturated heterocycles. The zero-order chi connectivity index (χ0) is 11.9. The molecule has 1 rings (SSSR count). The van der Waals surface area contributed by atoms with Crippen molar-refractivity contribution in [1.29, 1.82) is 0 Å². The summed E-state index contributed by atoms with van der Waals surface area (Å²) in [5.74, 6) is 0. The maximum Gasteiger partial charge on any atom is 0.261 e. The van der Waals surface area contributed by atoms with Crippen LogP contribution in [0.25, 0.3) is 0 Å². The van der Waals surface area contributed by atoms with Crippen LogP contribution in [-0.4, -0.2) is 13.2 Å². The van der Waals surface area contributed by atoms with Crippen LogP contribution in [0.15, 0.2) is 30.3 Å². The fraction of sp³-hybridized carbons (Fsp3) is 0.455. The van der Waals surface area contributed by atoms with Gasteiger partial charge in [-0.2, -0.15) is 0 Å². The van der Waals surface area contributed by atoms with Crippen molar-refractivity contribution in [3.05, 3.63) is 35.9 Å². The van der Waals surface area contributed by atoms with Gasteiger partial charge in [-0.3, -0.25) is 0 Å². The molecule has 0 saturated carbocycles.